The number of nitrogens with one attached hydrogen (secondary N) is 1. The van der Waals surface area contributed by atoms with E-state index in [1.54, 1.807) is 12.3 Å². The summed E-state index contributed by atoms with van der Waals surface area (Å²) in [6, 6.07) is 1.76. The van der Waals surface area contributed by atoms with Gasteiger partial charge in [-0.3, -0.25) is 4.40 Å². The summed E-state index contributed by atoms with van der Waals surface area (Å²) in [5.41, 5.74) is 6.71. The zero-order chi connectivity index (χ0) is 20.4. The molecule has 0 amide bonds. The van der Waals surface area contributed by atoms with E-state index in [4.69, 9.17) is 15.9 Å². The number of morpholine rings is 1. The van der Waals surface area contributed by atoms with E-state index in [0.29, 0.717) is 48.3 Å². The van der Waals surface area contributed by atoms with E-state index in [1.807, 2.05) is 4.90 Å². The summed E-state index contributed by atoms with van der Waals surface area (Å²) in [4.78, 5) is 18.8. The molecular formula is C18H18F2N8O. The maximum Gasteiger partial charge on any atom is 0.281 e. The van der Waals surface area contributed by atoms with Crippen LogP contribution >= 0.6 is 0 Å². The normalized spacial score (nSPS) is 17.8. The lowest BCUT2D eigenvalue weighted by atomic mass is 10.1. The molecular weight excluding hydrogens is 382 g/mol. The molecule has 3 N–H and O–H groups in total. The van der Waals surface area contributed by atoms with E-state index < -0.39 is 6.43 Å². The van der Waals surface area contributed by atoms with Crippen LogP contribution in [0.4, 0.5) is 14.6 Å². The quantitative estimate of drug-likeness (QED) is 0.627. The second kappa shape index (κ2) is 7.87. The van der Waals surface area contributed by atoms with Crippen LogP contribution < -0.4 is 10.6 Å². The molecule has 1 fully saturated rings. The van der Waals surface area contributed by atoms with Gasteiger partial charge in [0, 0.05) is 43.5 Å². The summed E-state index contributed by atoms with van der Waals surface area (Å²) >= 11 is 0. The first-order valence-electron chi connectivity index (χ1n) is 8.84. The van der Waals surface area contributed by atoms with Gasteiger partial charge >= 0.3 is 0 Å². The average Bonchev–Trinajstić information content (AvgIpc) is 3.18. The monoisotopic (exact) mass is 400 g/mol. The summed E-state index contributed by atoms with van der Waals surface area (Å²) in [5, 5.41) is 7.45. The highest BCUT2D eigenvalue weighted by Crippen LogP contribution is 2.24. The Bertz CT molecular complexity index is 1070. The van der Waals surface area contributed by atoms with Crippen LogP contribution in [-0.4, -0.2) is 56.4 Å². The third kappa shape index (κ3) is 3.63. The smallest absolute Gasteiger partial charge is 0.281 e. The molecule has 9 nitrogen and oxygen atoms in total. The summed E-state index contributed by atoms with van der Waals surface area (Å²) < 4.78 is 33.2. The molecule has 1 aliphatic heterocycles. The van der Waals surface area contributed by atoms with Gasteiger partial charge in [0.1, 0.15) is 23.3 Å². The molecule has 150 valence electrons. The fourth-order valence-electron chi connectivity index (χ4n) is 3.14. The van der Waals surface area contributed by atoms with Crippen LogP contribution in [-0.2, 0) is 4.74 Å². The Morgan fingerprint density at radius 3 is 2.93 bits per heavy atom. The molecule has 1 aliphatic rings. The molecule has 4 rings (SSSR count). The Hall–Kier alpha value is -3.47. The molecule has 0 spiro atoms. The Kier molecular flexibility index (Phi) is 5.12. The molecule has 1 unspecified atom stereocenters. The van der Waals surface area contributed by atoms with Gasteiger partial charge in [0.25, 0.3) is 6.43 Å². The molecule has 3 aromatic heterocycles. The van der Waals surface area contributed by atoms with Gasteiger partial charge in [0.05, 0.1) is 19.0 Å². The highest BCUT2D eigenvalue weighted by Gasteiger charge is 2.24. The van der Waals surface area contributed by atoms with Crippen molar-refractivity contribution >= 4 is 17.7 Å². The van der Waals surface area contributed by atoms with Crippen molar-refractivity contribution in [3.8, 4) is 11.5 Å². The van der Waals surface area contributed by atoms with Crippen LogP contribution in [0, 0.1) is 5.41 Å². The average molecular weight is 400 g/mol. The molecule has 0 saturated carbocycles. The number of nitrogens with two attached hydrogens (primary N) is 1. The van der Waals surface area contributed by atoms with Crippen LogP contribution in [0.1, 0.15) is 12.1 Å². The van der Waals surface area contributed by atoms with Crippen LogP contribution in [0.2, 0.25) is 0 Å². The maximum atomic E-state index is 13.0. The SMILES string of the molecule is N=C/C(=C\N)C1CN(c2ccnc(-c3cnc4cnc(C(F)F)cn34)n2)CCO1. The van der Waals surface area contributed by atoms with Gasteiger partial charge in [0.2, 0.25) is 0 Å². The minimum Gasteiger partial charge on any atom is -0.404 e. The minimum absolute atomic E-state index is 0.333. The lowest BCUT2D eigenvalue weighted by Crippen LogP contribution is -2.44. The lowest BCUT2D eigenvalue weighted by molar-refractivity contribution is 0.0676. The maximum absolute atomic E-state index is 13.0. The van der Waals surface area contributed by atoms with Gasteiger partial charge in [-0.15, -0.1) is 0 Å². The molecule has 4 heterocycles. The van der Waals surface area contributed by atoms with Crippen molar-refractivity contribution < 1.29 is 13.5 Å². The number of alkyl halides is 2. The number of hydrogen-bond acceptors (Lipinski definition) is 8. The lowest BCUT2D eigenvalue weighted by Gasteiger charge is -2.34. The van der Waals surface area contributed by atoms with Gasteiger partial charge in [0.15, 0.2) is 11.5 Å². The third-order valence-electron chi connectivity index (χ3n) is 4.63. The van der Waals surface area contributed by atoms with Crippen LogP contribution in [0.5, 0.6) is 0 Å². The summed E-state index contributed by atoms with van der Waals surface area (Å²) in [6.45, 7) is 1.53. The Morgan fingerprint density at radius 1 is 1.31 bits per heavy atom. The zero-order valence-corrected chi connectivity index (χ0v) is 15.2. The number of ether oxygens (including phenoxy) is 1. The van der Waals surface area contributed by atoms with Crippen molar-refractivity contribution in [3.63, 3.8) is 0 Å². The first-order chi connectivity index (χ1) is 14.1. The molecule has 1 atom stereocenters. The molecule has 29 heavy (non-hydrogen) atoms. The second-order valence-electron chi connectivity index (χ2n) is 6.34. The fourth-order valence-corrected chi connectivity index (χ4v) is 3.14. The van der Waals surface area contributed by atoms with E-state index in [-0.39, 0.29) is 11.8 Å². The third-order valence-corrected chi connectivity index (χ3v) is 4.63. The van der Waals surface area contributed by atoms with Gasteiger partial charge in [-0.25, -0.2) is 28.7 Å². The first kappa shape index (κ1) is 18.9. The molecule has 0 aliphatic carbocycles. The first-order valence-corrected chi connectivity index (χ1v) is 8.84. The number of aromatic nitrogens is 5. The number of hydrogen-bond donors (Lipinski definition) is 2. The van der Waals surface area contributed by atoms with Crippen molar-refractivity contribution in [1.82, 2.24) is 24.3 Å². The number of halogens is 2. The van der Waals surface area contributed by atoms with Crippen molar-refractivity contribution in [1.29, 1.82) is 5.41 Å². The van der Waals surface area contributed by atoms with E-state index in [1.165, 1.54) is 35.4 Å². The minimum atomic E-state index is -2.69. The largest absolute Gasteiger partial charge is 0.404 e. The van der Waals surface area contributed by atoms with Crippen molar-refractivity contribution in [3.05, 3.63) is 48.3 Å². The Labute approximate surface area is 164 Å². The number of rotatable bonds is 5. The summed E-state index contributed by atoms with van der Waals surface area (Å²) in [5.74, 6) is 1.01. The van der Waals surface area contributed by atoms with Gasteiger partial charge in [-0.05, 0) is 6.07 Å². The van der Waals surface area contributed by atoms with Crippen LogP contribution in [0.15, 0.2) is 42.6 Å². The van der Waals surface area contributed by atoms with E-state index >= 15 is 0 Å². The summed E-state index contributed by atoms with van der Waals surface area (Å²) in [6.07, 6.45) is 5.17. The predicted molar refractivity (Wildman–Crippen MR) is 102 cm³/mol. The van der Waals surface area contributed by atoms with E-state index in [2.05, 4.69) is 19.9 Å². The number of imidazole rings is 1. The summed E-state index contributed by atoms with van der Waals surface area (Å²) in [7, 11) is 0. The Morgan fingerprint density at radius 2 is 2.17 bits per heavy atom. The predicted octanol–water partition coefficient (Wildman–Crippen LogP) is 1.82. The second-order valence-corrected chi connectivity index (χ2v) is 6.34. The van der Waals surface area contributed by atoms with Gasteiger partial charge in [-0.2, -0.15) is 0 Å². The van der Waals surface area contributed by atoms with E-state index in [0.717, 1.165) is 0 Å². The number of fused-ring (bicyclic) bond motifs is 1. The van der Waals surface area contributed by atoms with Crippen molar-refractivity contribution in [2.45, 2.75) is 12.5 Å². The van der Waals surface area contributed by atoms with E-state index in [9.17, 15) is 8.78 Å². The number of nitrogens with zero attached hydrogens (tertiary/aromatic N) is 6. The van der Waals surface area contributed by atoms with Crippen LogP contribution in [0.3, 0.4) is 0 Å². The molecule has 0 radical (unpaired) electrons. The Balaban J connectivity index is 1.67. The molecule has 1 saturated heterocycles. The highest BCUT2D eigenvalue weighted by atomic mass is 19.3. The number of anilines is 1. The van der Waals surface area contributed by atoms with Gasteiger partial charge in [-0.1, -0.05) is 0 Å². The molecule has 0 aromatic carbocycles. The standard InChI is InChI=1S/C18H18F2N8O/c19-17(20)12-9-28-13(7-25-16(28)8-24-12)18-23-2-1-15(26-18)27-3-4-29-14(10-27)11(5-21)6-22/h1-2,5-9,14,17,21H,3-4,10,22H2/b11-6+,21-5?. The van der Waals surface area contributed by atoms with Crippen LogP contribution in [0.25, 0.3) is 17.2 Å². The topological polar surface area (TPSA) is 118 Å². The molecule has 0 bridgehead atoms. The zero-order valence-electron chi connectivity index (χ0n) is 15.2. The molecule has 3 aromatic rings. The van der Waals surface area contributed by atoms with Crippen molar-refractivity contribution in [2.24, 2.45) is 5.73 Å². The fraction of sp³-hybridized carbons (Fsp3) is 0.278. The molecule has 11 heteroatoms. The van der Waals surface area contributed by atoms with Crippen molar-refractivity contribution in [2.75, 3.05) is 24.6 Å². The highest BCUT2D eigenvalue weighted by molar-refractivity contribution is 5.77. The van der Waals surface area contributed by atoms with Gasteiger partial charge < -0.3 is 20.8 Å².